The highest BCUT2D eigenvalue weighted by Gasteiger charge is 2.04. The Morgan fingerprint density at radius 1 is 1.10 bits per heavy atom. The molecule has 0 unspecified atom stereocenters. The van der Waals surface area contributed by atoms with Gasteiger partial charge in [0, 0.05) is 0 Å². The molecule has 102 valence electrons. The van der Waals surface area contributed by atoms with E-state index in [1.165, 1.54) is 12.1 Å². The molecule has 21 heavy (non-hydrogen) atoms. The standard InChI is InChI=1S/C17H12N2O2/c18-10-15(11-19)8-14-6-7-16(20)17(9-14)21-12-13-4-2-1-3-5-13/h1-9,20H,12H2. The van der Waals surface area contributed by atoms with Crippen molar-refractivity contribution < 1.29 is 9.84 Å². The Labute approximate surface area is 122 Å². The van der Waals surface area contributed by atoms with Gasteiger partial charge < -0.3 is 9.84 Å². The van der Waals surface area contributed by atoms with Crippen LogP contribution in [0.5, 0.6) is 11.5 Å². The van der Waals surface area contributed by atoms with Gasteiger partial charge in [0.15, 0.2) is 11.5 Å². The first-order valence-corrected chi connectivity index (χ1v) is 6.24. The van der Waals surface area contributed by atoms with Crippen LogP contribution in [0.1, 0.15) is 11.1 Å². The highest BCUT2D eigenvalue weighted by molar-refractivity contribution is 5.64. The van der Waals surface area contributed by atoms with E-state index < -0.39 is 0 Å². The van der Waals surface area contributed by atoms with E-state index in [4.69, 9.17) is 15.3 Å². The van der Waals surface area contributed by atoms with Crippen LogP contribution in [0.4, 0.5) is 0 Å². The van der Waals surface area contributed by atoms with Crippen molar-refractivity contribution >= 4 is 6.08 Å². The van der Waals surface area contributed by atoms with Gasteiger partial charge in [-0.05, 0) is 29.3 Å². The Hall–Kier alpha value is -3.24. The van der Waals surface area contributed by atoms with Crippen LogP contribution in [0.25, 0.3) is 6.08 Å². The molecule has 4 heteroatoms. The molecule has 0 saturated carbocycles. The van der Waals surface area contributed by atoms with E-state index >= 15 is 0 Å². The Balaban J connectivity index is 2.19. The fraction of sp³-hybridized carbons (Fsp3) is 0.0588. The lowest BCUT2D eigenvalue weighted by Crippen LogP contribution is -1.95. The maximum Gasteiger partial charge on any atom is 0.162 e. The van der Waals surface area contributed by atoms with Gasteiger partial charge in [0.05, 0.1) is 0 Å². The van der Waals surface area contributed by atoms with Crippen molar-refractivity contribution in [1.82, 2.24) is 0 Å². The topological polar surface area (TPSA) is 77.0 Å². The summed E-state index contributed by atoms with van der Waals surface area (Å²) in [6.45, 7) is 0.324. The molecule has 0 spiro atoms. The van der Waals surface area contributed by atoms with Gasteiger partial charge in [-0.2, -0.15) is 10.5 Å². The first-order valence-electron chi connectivity index (χ1n) is 6.24. The van der Waals surface area contributed by atoms with Crippen LogP contribution in [0.15, 0.2) is 54.1 Å². The number of allylic oxidation sites excluding steroid dienone is 1. The third-order valence-corrected chi connectivity index (χ3v) is 2.77. The maximum atomic E-state index is 9.79. The van der Waals surface area contributed by atoms with Gasteiger partial charge in [-0.1, -0.05) is 36.4 Å². The summed E-state index contributed by atoms with van der Waals surface area (Å²) in [5, 5.41) is 27.3. The molecule has 0 aliphatic heterocycles. The van der Waals surface area contributed by atoms with Crippen LogP contribution in [0, 0.1) is 22.7 Å². The maximum absolute atomic E-state index is 9.79. The Morgan fingerprint density at radius 3 is 2.48 bits per heavy atom. The molecule has 0 aliphatic carbocycles. The first kappa shape index (κ1) is 14.2. The quantitative estimate of drug-likeness (QED) is 0.868. The zero-order valence-electron chi connectivity index (χ0n) is 11.2. The van der Waals surface area contributed by atoms with Crippen LogP contribution in [0.3, 0.4) is 0 Å². The van der Waals surface area contributed by atoms with Crippen LogP contribution in [0.2, 0.25) is 0 Å². The van der Waals surface area contributed by atoms with E-state index in [-0.39, 0.29) is 11.3 Å². The lowest BCUT2D eigenvalue weighted by atomic mass is 10.1. The molecule has 0 aliphatic rings. The van der Waals surface area contributed by atoms with Crippen molar-refractivity contribution in [1.29, 1.82) is 10.5 Å². The minimum atomic E-state index is -0.00491. The molecule has 0 bridgehead atoms. The number of rotatable bonds is 4. The number of hydrogen-bond acceptors (Lipinski definition) is 4. The number of aromatic hydroxyl groups is 1. The molecular weight excluding hydrogens is 264 g/mol. The van der Waals surface area contributed by atoms with E-state index in [0.29, 0.717) is 17.9 Å². The summed E-state index contributed by atoms with van der Waals surface area (Å²) in [5.74, 6) is 0.321. The second-order valence-electron chi connectivity index (χ2n) is 4.28. The summed E-state index contributed by atoms with van der Waals surface area (Å²) in [6, 6.07) is 17.8. The zero-order chi connectivity index (χ0) is 15.1. The molecule has 2 rings (SSSR count). The molecular formula is C17H12N2O2. The molecule has 0 saturated heterocycles. The third-order valence-electron chi connectivity index (χ3n) is 2.77. The third kappa shape index (κ3) is 3.86. The van der Waals surface area contributed by atoms with Crippen molar-refractivity contribution in [2.45, 2.75) is 6.61 Å². The van der Waals surface area contributed by atoms with Gasteiger partial charge in [-0.15, -0.1) is 0 Å². The predicted molar refractivity (Wildman–Crippen MR) is 78.1 cm³/mol. The molecule has 2 aromatic rings. The van der Waals surface area contributed by atoms with Crippen LogP contribution < -0.4 is 4.74 Å². The molecule has 0 atom stereocenters. The summed E-state index contributed by atoms with van der Waals surface area (Å²) in [7, 11) is 0. The summed E-state index contributed by atoms with van der Waals surface area (Å²) < 4.78 is 5.57. The van der Waals surface area contributed by atoms with Gasteiger partial charge in [0.1, 0.15) is 24.3 Å². The lowest BCUT2D eigenvalue weighted by molar-refractivity contribution is 0.289. The molecule has 1 N–H and O–H groups in total. The van der Waals surface area contributed by atoms with Crippen molar-refractivity contribution in [3.8, 4) is 23.6 Å². The zero-order valence-corrected chi connectivity index (χ0v) is 11.2. The smallest absolute Gasteiger partial charge is 0.162 e. The second-order valence-corrected chi connectivity index (χ2v) is 4.28. The van der Waals surface area contributed by atoms with Crippen molar-refractivity contribution in [2.24, 2.45) is 0 Å². The van der Waals surface area contributed by atoms with Crippen molar-refractivity contribution in [2.75, 3.05) is 0 Å². The van der Waals surface area contributed by atoms with Crippen molar-refractivity contribution in [3.63, 3.8) is 0 Å². The van der Waals surface area contributed by atoms with E-state index in [0.717, 1.165) is 5.56 Å². The average Bonchev–Trinajstić information content (AvgIpc) is 2.53. The monoisotopic (exact) mass is 276 g/mol. The number of phenols is 1. The fourth-order valence-corrected chi connectivity index (χ4v) is 1.73. The Kier molecular flexibility index (Phi) is 4.58. The molecule has 0 heterocycles. The number of hydrogen-bond donors (Lipinski definition) is 1. The largest absolute Gasteiger partial charge is 0.504 e. The summed E-state index contributed by atoms with van der Waals surface area (Å²) >= 11 is 0. The number of nitriles is 2. The van der Waals surface area contributed by atoms with Gasteiger partial charge in [0.2, 0.25) is 0 Å². The highest BCUT2D eigenvalue weighted by Crippen LogP contribution is 2.28. The number of nitrogens with zero attached hydrogens (tertiary/aromatic N) is 2. The van der Waals surface area contributed by atoms with Crippen LogP contribution in [-0.2, 0) is 6.61 Å². The summed E-state index contributed by atoms with van der Waals surface area (Å²) in [5.41, 5.74) is 1.59. The van der Waals surface area contributed by atoms with E-state index in [1.807, 2.05) is 30.3 Å². The molecule has 2 aromatic carbocycles. The Bertz CT molecular complexity index is 722. The summed E-state index contributed by atoms with van der Waals surface area (Å²) in [4.78, 5) is 0. The molecule has 4 nitrogen and oxygen atoms in total. The minimum absolute atomic E-state index is 0.00491. The van der Waals surface area contributed by atoms with Crippen molar-refractivity contribution in [3.05, 3.63) is 65.2 Å². The first-order chi connectivity index (χ1) is 10.2. The molecule has 0 fully saturated rings. The predicted octanol–water partition coefficient (Wildman–Crippen LogP) is 3.40. The normalized spacial score (nSPS) is 9.24. The SMILES string of the molecule is N#CC(C#N)=Cc1ccc(O)c(OCc2ccccc2)c1. The molecule has 0 aromatic heterocycles. The minimum Gasteiger partial charge on any atom is -0.504 e. The van der Waals surface area contributed by atoms with Crippen LogP contribution in [-0.4, -0.2) is 5.11 Å². The van der Waals surface area contributed by atoms with Gasteiger partial charge in [-0.25, -0.2) is 0 Å². The van der Waals surface area contributed by atoms with Crippen LogP contribution >= 0.6 is 0 Å². The summed E-state index contributed by atoms with van der Waals surface area (Å²) in [6.07, 6.45) is 1.44. The van der Waals surface area contributed by atoms with Gasteiger partial charge >= 0.3 is 0 Å². The number of phenolic OH excluding ortho intramolecular Hbond substituents is 1. The van der Waals surface area contributed by atoms with Gasteiger partial charge in [0.25, 0.3) is 0 Å². The average molecular weight is 276 g/mol. The van der Waals surface area contributed by atoms with Gasteiger partial charge in [-0.3, -0.25) is 0 Å². The van der Waals surface area contributed by atoms with E-state index in [2.05, 4.69) is 0 Å². The molecule has 0 amide bonds. The fourth-order valence-electron chi connectivity index (χ4n) is 1.73. The number of ether oxygens (including phenoxy) is 1. The van der Waals surface area contributed by atoms with E-state index in [9.17, 15) is 5.11 Å². The van der Waals surface area contributed by atoms with E-state index in [1.54, 1.807) is 24.3 Å². The second kappa shape index (κ2) is 6.79. The lowest BCUT2D eigenvalue weighted by Gasteiger charge is -2.09. The molecule has 0 radical (unpaired) electrons. The Morgan fingerprint density at radius 2 is 1.81 bits per heavy atom. The highest BCUT2D eigenvalue weighted by atomic mass is 16.5. The number of benzene rings is 2.